The van der Waals surface area contributed by atoms with Gasteiger partial charge in [0.2, 0.25) is 0 Å². The van der Waals surface area contributed by atoms with Crippen LogP contribution in [-0.4, -0.2) is 34.9 Å². The summed E-state index contributed by atoms with van der Waals surface area (Å²) in [6.07, 6.45) is 2.93. The number of ether oxygens (including phenoxy) is 1. The zero-order valence-corrected chi connectivity index (χ0v) is 14.1. The molecule has 0 atom stereocenters. The molecule has 1 spiro atoms. The minimum atomic E-state index is -0.860. The van der Waals surface area contributed by atoms with Gasteiger partial charge in [-0.3, -0.25) is 14.5 Å². The minimum absolute atomic E-state index is 0.0363. The van der Waals surface area contributed by atoms with Gasteiger partial charge < -0.3 is 10.1 Å². The highest BCUT2D eigenvalue weighted by atomic mass is 19.1. The molecule has 1 heterocycles. The summed E-state index contributed by atoms with van der Waals surface area (Å²) in [7, 11) is 0. The van der Waals surface area contributed by atoms with Gasteiger partial charge >= 0.3 is 12.0 Å². The van der Waals surface area contributed by atoms with Gasteiger partial charge in [0, 0.05) is 0 Å². The predicted molar refractivity (Wildman–Crippen MR) is 86.8 cm³/mol. The second-order valence-electron chi connectivity index (χ2n) is 6.87. The van der Waals surface area contributed by atoms with Crippen LogP contribution in [0.2, 0.25) is 0 Å². The fourth-order valence-corrected chi connectivity index (χ4v) is 3.33. The minimum Gasteiger partial charge on any atom is -0.459 e. The van der Waals surface area contributed by atoms with Crippen molar-refractivity contribution in [2.45, 2.75) is 44.8 Å². The molecular formula is C18H21FN2O4. The average Bonchev–Trinajstić information content (AvgIpc) is 2.82. The Morgan fingerprint density at radius 2 is 1.92 bits per heavy atom. The standard InChI is InChI=1S/C18H21FN2O4/c1-12-6-8-18(9-7-12)16(23)21(17(24)20-18)10-15(22)25-11-13-2-4-14(19)5-3-13/h2-5,12H,6-11H2,1H3,(H,20,24). The number of rotatable bonds is 4. The quantitative estimate of drug-likeness (QED) is 0.669. The number of hydrogen-bond donors (Lipinski definition) is 1. The number of carbonyl (C=O) groups excluding carboxylic acids is 3. The number of amides is 3. The molecule has 1 aliphatic carbocycles. The first-order chi connectivity index (χ1) is 11.9. The van der Waals surface area contributed by atoms with Crippen LogP contribution in [0.5, 0.6) is 0 Å². The summed E-state index contributed by atoms with van der Waals surface area (Å²) < 4.78 is 17.9. The van der Waals surface area contributed by atoms with Crippen molar-refractivity contribution in [1.82, 2.24) is 10.2 Å². The van der Waals surface area contributed by atoms with E-state index in [1.165, 1.54) is 24.3 Å². The van der Waals surface area contributed by atoms with Gasteiger partial charge in [-0.05, 0) is 49.3 Å². The van der Waals surface area contributed by atoms with Crippen LogP contribution in [0, 0.1) is 11.7 Å². The lowest BCUT2D eigenvalue weighted by atomic mass is 9.77. The third-order valence-electron chi connectivity index (χ3n) is 4.97. The molecule has 3 amide bonds. The van der Waals surface area contributed by atoms with E-state index in [4.69, 9.17) is 4.74 Å². The summed E-state index contributed by atoms with van der Waals surface area (Å²) in [5.74, 6) is -0.858. The van der Waals surface area contributed by atoms with Crippen molar-refractivity contribution >= 4 is 17.9 Å². The van der Waals surface area contributed by atoms with E-state index in [2.05, 4.69) is 12.2 Å². The van der Waals surface area contributed by atoms with Gasteiger partial charge in [-0.25, -0.2) is 9.18 Å². The Morgan fingerprint density at radius 1 is 1.28 bits per heavy atom. The molecule has 1 aromatic carbocycles. The average molecular weight is 348 g/mol. The Balaban J connectivity index is 1.56. The molecular weight excluding hydrogens is 327 g/mol. The lowest BCUT2D eigenvalue weighted by Gasteiger charge is -2.33. The Kier molecular flexibility index (Phi) is 4.74. The second-order valence-corrected chi connectivity index (χ2v) is 6.87. The molecule has 7 heteroatoms. The van der Waals surface area contributed by atoms with Crippen molar-refractivity contribution in [3.8, 4) is 0 Å². The van der Waals surface area contributed by atoms with Crippen LogP contribution in [0.4, 0.5) is 9.18 Å². The second kappa shape index (κ2) is 6.82. The maximum absolute atomic E-state index is 12.8. The monoisotopic (exact) mass is 348 g/mol. The lowest BCUT2D eigenvalue weighted by molar-refractivity contribution is -0.149. The van der Waals surface area contributed by atoms with Crippen LogP contribution in [-0.2, 0) is 20.9 Å². The number of imide groups is 1. The van der Waals surface area contributed by atoms with E-state index in [0.29, 0.717) is 24.3 Å². The van der Waals surface area contributed by atoms with Gasteiger partial charge in [0.15, 0.2) is 0 Å². The van der Waals surface area contributed by atoms with Crippen molar-refractivity contribution in [3.05, 3.63) is 35.6 Å². The molecule has 1 aromatic rings. The SMILES string of the molecule is CC1CCC2(CC1)NC(=O)N(CC(=O)OCc1ccc(F)cc1)C2=O. The molecule has 0 bridgehead atoms. The fourth-order valence-electron chi connectivity index (χ4n) is 3.33. The summed E-state index contributed by atoms with van der Waals surface area (Å²) >= 11 is 0. The molecule has 1 saturated heterocycles. The third kappa shape index (κ3) is 3.65. The molecule has 0 aromatic heterocycles. The number of hydrogen-bond acceptors (Lipinski definition) is 4. The van der Waals surface area contributed by atoms with Gasteiger partial charge in [0.05, 0.1) is 0 Å². The number of halogens is 1. The Bertz CT molecular complexity index is 681. The Hall–Kier alpha value is -2.44. The molecule has 2 aliphatic rings. The summed E-state index contributed by atoms with van der Waals surface area (Å²) in [5, 5.41) is 2.76. The molecule has 2 fully saturated rings. The smallest absolute Gasteiger partial charge is 0.326 e. The van der Waals surface area contributed by atoms with Gasteiger partial charge in [0.1, 0.15) is 24.5 Å². The van der Waals surface area contributed by atoms with Crippen molar-refractivity contribution < 1.29 is 23.5 Å². The van der Waals surface area contributed by atoms with E-state index in [-0.39, 0.29) is 18.3 Å². The fraction of sp³-hybridized carbons (Fsp3) is 0.500. The van der Waals surface area contributed by atoms with E-state index < -0.39 is 24.1 Å². The Morgan fingerprint density at radius 3 is 2.56 bits per heavy atom. The third-order valence-corrected chi connectivity index (χ3v) is 4.97. The van der Waals surface area contributed by atoms with E-state index in [1.807, 2.05) is 0 Å². The van der Waals surface area contributed by atoms with Gasteiger partial charge in [0.25, 0.3) is 5.91 Å². The van der Waals surface area contributed by atoms with E-state index >= 15 is 0 Å². The molecule has 0 unspecified atom stereocenters. The maximum atomic E-state index is 12.8. The molecule has 1 aliphatic heterocycles. The van der Waals surface area contributed by atoms with Crippen LogP contribution in [0.1, 0.15) is 38.2 Å². The first kappa shape index (κ1) is 17.4. The molecule has 1 N–H and O–H groups in total. The van der Waals surface area contributed by atoms with Crippen LogP contribution < -0.4 is 5.32 Å². The van der Waals surface area contributed by atoms with Crippen molar-refractivity contribution in [2.75, 3.05) is 6.54 Å². The molecule has 6 nitrogen and oxygen atoms in total. The number of esters is 1. The summed E-state index contributed by atoms with van der Waals surface area (Å²) in [5.41, 5.74) is -0.231. The highest BCUT2D eigenvalue weighted by molar-refractivity contribution is 6.08. The zero-order valence-electron chi connectivity index (χ0n) is 14.1. The topological polar surface area (TPSA) is 75.7 Å². The first-order valence-electron chi connectivity index (χ1n) is 8.44. The zero-order chi connectivity index (χ0) is 18.0. The highest BCUT2D eigenvalue weighted by Crippen LogP contribution is 2.36. The summed E-state index contributed by atoms with van der Waals surface area (Å²) in [6, 6.07) is 5.02. The van der Waals surface area contributed by atoms with Crippen LogP contribution in [0.25, 0.3) is 0 Å². The molecule has 25 heavy (non-hydrogen) atoms. The number of urea groups is 1. The molecule has 1 saturated carbocycles. The van der Waals surface area contributed by atoms with Gasteiger partial charge in [-0.1, -0.05) is 19.1 Å². The molecule has 0 radical (unpaired) electrons. The lowest BCUT2D eigenvalue weighted by Crippen LogP contribution is -2.49. The van der Waals surface area contributed by atoms with Crippen molar-refractivity contribution in [2.24, 2.45) is 5.92 Å². The predicted octanol–water partition coefficient (Wildman–Crippen LogP) is 2.37. The van der Waals surface area contributed by atoms with Gasteiger partial charge in [-0.2, -0.15) is 0 Å². The summed E-state index contributed by atoms with van der Waals surface area (Å²) in [4.78, 5) is 37.7. The van der Waals surface area contributed by atoms with E-state index in [9.17, 15) is 18.8 Å². The number of nitrogens with zero attached hydrogens (tertiary/aromatic N) is 1. The largest absolute Gasteiger partial charge is 0.459 e. The highest BCUT2D eigenvalue weighted by Gasteiger charge is 2.52. The summed E-state index contributed by atoms with van der Waals surface area (Å²) in [6.45, 7) is 1.67. The maximum Gasteiger partial charge on any atom is 0.326 e. The number of benzene rings is 1. The number of carbonyl (C=O) groups is 3. The number of nitrogens with one attached hydrogen (secondary N) is 1. The van der Waals surface area contributed by atoms with Crippen molar-refractivity contribution in [3.63, 3.8) is 0 Å². The van der Waals surface area contributed by atoms with Crippen molar-refractivity contribution in [1.29, 1.82) is 0 Å². The van der Waals surface area contributed by atoms with Crippen LogP contribution >= 0.6 is 0 Å². The Labute approximate surface area is 145 Å². The van der Waals surface area contributed by atoms with Crippen LogP contribution in [0.3, 0.4) is 0 Å². The molecule has 134 valence electrons. The molecule has 3 rings (SSSR count). The first-order valence-corrected chi connectivity index (χ1v) is 8.44. The van der Waals surface area contributed by atoms with E-state index in [0.717, 1.165) is 17.7 Å². The van der Waals surface area contributed by atoms with Crippen LogP contribution in [0.15, 0.2) is 24.3 Å². The normalized spacial score (nSPS) is 26.0. The van der Waals surface area contributed by atoms with Gasteiger partial charge in [-0.15, -0.1) is 0 Å². The van der Waals surface area contributed by atoms with E-state index in [1.54, 1.807) is 0 Å².